The summed E-state index contributed by atoms with van der Waals surface area (Å²) in [5.41, 5.74) is 2.42. The Morgan fingerprint density at radius 2 is 2.08 bits per heavy atom. The van der Waals surface area contributed by atoms with Gasteiger partial charge in [-0.15, -0.1) is 0 Å². The van der Waals surface area contributed by atoms with Crippen molar-refractivity contribution in [3.63, 3.8) is 0 Å². The molecule has 0 saturated heterocycles. The molecule has 1 amide bonds. The van der Waals surface area contributed by atoms with Gasteiger partial charge in [-0.2, -0.15) is 5.10 Å². The Morgan fingerprint density at radius 3 is 2.80 bits per heavy atom. The van der Waals surface area contributed by atoms with Crippen LogP contribution in [0.4, 0.5) is 0 Å². The summed E-state index contributed by atoms with van der Waals surface area (Å²) in [6, 6.07) is 9.33. The first-order valence-corrected chi connectivity index (χ1v) is 8.39. The fraction of sp³-hybridized carbons (Fsp3) is 0.444. The van der Waals surface area contributed by atoms with E-state index >= 15 is 0 Å². The van der Waals surface area contributed by atoms with Gasteiger partial charge in [0.1, 0.15) is 11.9 Å². The second-order valence-electron chi connectivity index (χ2n) is 6.25. The number of hydrogen-bond donors (Lipinski definition) is 2. The van der Waals surface area contributed by atoms with Crippen LogP contribution < -0.4 is 4.74 Å². The predicted octanol–water partition coefficient (Wildman–Crippen LogP) is 1.03. The highest BCUT2D eigenvalue weighted by Crippen LogP contribution is 2.18. The molecular weight excluding hydrogens is 322 g/mol. The molecule has 1 aliphatic rings. The zero-order chi connectivity index (χ0) is 17.8. The lowest BCUT2D eigenvalue weighted by atomic mass is 10.2. The SMILES string of the molecule is Cc1ccc(OCC(=O)N2CCCn3nc([C@@H](O)CO)cc3C2)cc1. The maximum absolute atomic E-state index is 12.5. The van der Waals surface area contributed by atoms with Crippen LogP contribution in [0.25, 0.3) is 0 Å². The first-order valence-electron chi connectivity index (χ1n) is 8.39. The number of aliphatic hydroxyl groups excluding tert-OH is 2. The third-order valence-corrected chi connectivity index (χ3v) is 4.28. The molecule has 1 aromatic carbocycles. The Labute approximate surface area is 146 Å². The zero-order valence-corrected chi connectivity index (χ0v) is 14.3. The van der Waals surface area contributed by atoms with Gasteiger partial charge in [0.05, 0.1) is 24.5 Å². The van der Waals surface area contributed by atoms with Crippen molar-refractivity contribution < 1.29 is 19.7 Å². The van der Waals surface area contributed by atoms with Crippen LogP contribution in [0.1, 0.15) is 29.5 Å². The lowest BCUT2D eigenvalue weighted by Crippen LogP contribution is -2.34. The highest BCUT2D eigenvalue weighted by atomic mass is 16.5. The first-order chi connectivity index (χ1) is 12.1. The van der Waals surface area contributed by atoms with Gasteiger partial charge >= 0.3 is 0 Å². The van der Waals surface area contributed by atoms with Crippen LogP contribution in [0.15, 0.2) is 30.3 Å². The quantitative estimate of drug-likeness (QED) is 0.845. The van der Waals surface area contributed by atoms with Crippen molar-refractivity contribution in [1.82, 2.24) is 14.7 Å². The largest absolute Gasteiger partial charge is 0.484 e. The van der Waals surface area contributed by atoms with Crippen molar-refractivity contribution in [3.05, 3.63) is 47.3 Å². The number of aryl methyl sites for hydroxylation is 2. The molecule has 3 rings (SSSR count). The summed E-state index contributed by atoms with van der Waals surface area (Å²) in [5, 5.41) is 23.1. The topological polar surface area (TPSA) is 87.8 Å². The molecule has 0 fully saturated rings. The third kappa shape index (κ3) is 4.18. The summed E-state index contributed by atoms with van der Waals surface area (Å²) in [7, 11) is 0. The molecule has 0 radical (unpaired) electrons. The van der Waals surface area contributed by atoms with E-state index in [2.05, 4.69) is 5.10 Å². The minimum Gasteiger partial charge on any atom is -0.484 e. The predicted molar refractivity (Wildman–Crippen MR) is 91.0 cm³/mol. The second-order valence-corrected chi connectivity index (χ2v) is 6.25. The van der Waals surface area contributed by atoms with Crippen LogP contribution >= 0.6 is 0 Å². The number of ether oxygens (including phenoxy) is 1. The van der Waals surface area contributed by atoms with E-state index in [9.17, 15) is 9.90 Å². The second kappa shape index (κ2) is 7.67. The summed E-state index contributed by atoms with van der Waals surface area (Å²) in [4.78, 5) is 14.2. The number of nitrogens with zero attached hydrogens (tertiary/aromatic N) is 3. The number of carbonyl (C=O) groups excluding carboxylic acids is 1. The Morgan fingerprint density at radius 1 is 1.32 bits per heavy atom. The van der Waals surface area contributed by atoms with E-state index in [-0.39, 0.29) is 19.1 Å². The van der Waals surface area contributed by atoms with E-state index in [1.54, 1.807) is 15.6 Å². The van der Waals surface area contributed by atoms with Gasteiger partial charge in [-0.25, -0.2) is 0 Å². The van der Waals surface area contributed by atoms with Crippen LogP contribution in [0.5, 0.6) is 5.75 Å². The molecule has 7 heteroatoms. The summed E-state index contributed by atoms with van der Waals surface area (Å²) >= 11 is 0. The van der Waals surface area contributed by atoms with Gasteiger partial charge in [-0.05, 0) is 31.5 Å². The number of carbonyl (C=O) groups is 1. The Bertz CT molecular complexity index is 726. The van der Waals surface area contributed by atoms with E-state index in [0.717, 1.165) is 17.7 Å². The molecular formula is C18H23N3O4. The molecule has 0 unspecified atom stereocenters. The Balaban J connectivity index is 1.63. The van der Waals surface area contributed by atoms with Crippen molar-refractivity contribution in [2.75, 3.05) is 19.8 Å². The molecule has 1 atom stereocenters. The minimum absolute atomic E-state index is 0.0106. The molecule has 0 saturated carbocycles. The van der Waals surface area contributed by atoms with E-state index in [0.29, 0.717) is 31.1 Å². The number of amides is 1. The molecule has 2 heterocycles. The molecule has 0 bridgehead atoms. The van der Waals surface area contributed by atoms with Crippen molar-refractivity contribution in [3.8, 4) is 5.75 Å². The third-order valence-electron chi connectivity index (χ3n) is 4.28. The normalized spacial score (nSPS) is 15.4. The highest BCUT2D eigenvalue weighted by molar-refractivity contribution is 5.77. The Kier molecular flexibility index (Phi) is 5.35. The lowest BCUT2D eigenvalue weighted by Gasteiger charge is -2.20. The maximum Gasteiger partial charge on any atom is 0.260 e. The summed E-state index contributed by atoms with van der Waals surface area (Å²) in [6.07, 6.45) is -0.215. The summed E-state index contributed by atoms with van der Waals surface area (Å²) in [6.45, 7) is 3.35. The molecule has 2 aromatic rings. The van der Waals surface area contributed by atoms with Crippen molar-refractivity contribution >= 4 is 5.91 Å². The average Bonchev–Trinajstić information content (AvgIpc) is 2.92. The molecule has 0 aliphatic carbocycles. The molecule has 0 spiro atoms. The van der Waals surface area contributed by atoms with Crippen molar-refractivity contribution in [2.45, 2.75) is 32.5 Å². The van der Waals surface area contributed by atoms with E-state index < -0.39 is 6.10 Å². The number of fused-ring (bicyclic) bond motifs is 1. The molecule has 7 nitrogen and oxygen atoms in total. The maximum atomic E-state index is 12.5. The van der Waals surface area contributed by atoms with Gasteiger partial charge in [0.15, 0.2) is 6.61 Å². The van der Waals surface area contributed by atoms with Crippen LogP contribution in [0, 0.1) is 6.92 Å². The molecule has 2 N–H and O–H groups in total. The molecule has 1 aliphatic heterocycles. The number of aromatic nitrogens is 2. The van der Waals surface area contributed by atoms with E-state index in [1.165, 1.54) is 0 Å². The van der Waals surface area contributed by atoms with Crippen molar-refractivity contribution in [1.29, 1.82) is 0 Å². The van der Waals surface area contributed by atoms with E-state index in [4.69, 9.17) is 9.84 Å². The van der Waals surface area contributed by atoms with Crippen LogP contribution in [0.3, 0.4) is 0 Å². The molecule has 134 valence electrons. The van der Waals surface area contributed by atoms with Gasteiger partial charge in [-0.1, -0.05) is 17.7 Å². The monoisotopic (exact) mass is 345 g/mol. The van der Waals surface area contributed by atoms with Gasteiger partial charge < -0.3 is 19.8 Å². The standard InChI is InChI=1S/C18H23N3O4/c1-13-3-5-15(6-4-13)25-12-18(24)20-7-2-8-21-14(10-20)9-16(19-21)17(23)11-22/h3-6,9,17,22-23H,2,7-8,10-12H2,1H3/t17-/m0/s1. The summed E-state index contributed by atoms with van der Waals surface area (Å²) < 4.78 is 7.37. The average molecular weight is 345 g/mol. The lowest BCUT2D eigenvalue weighted by molar-refractivity contribution is -0.134. The number of benzene rings is 1. The fourth-order valence-corrected chi connectivity index (χ4v) is 2.82. The molecule has 25 heavy (non-hydrogen) atoms. The summed E-state index contributed by atoms with van der Waals surface area (Å²) in [5.74, 6) is 0.589. The first kappa shape index (κ1) is 17.4. The van der Waals surface area contributed by atoms with Gasteiger partial charge in [0.25, 0.3) is 5.91 Å². The van der Waals surface area contributed by atoms with Crippen LogP contribution in [-0.4, -0.2) is 50.6 Å². The number of aliphatic hydroxyl groups is 2. The minimum atomic E-state index is -0.992. The smallest absolute Gasteiger partial charge is 0.260 e. The van der Waals surface area contributed by atoms with Gasteiger partial charge in [0, 0.05) is 13.1 Å². The van der Waals surface area contributed by atoms with Gasteiger partial charge in [-0.3, -0.25) is 9.48 Å². The highest BCUT2D eigenvalue weighted by Gasteiger charge is 2.22. The van der Waals surface area contributed by atoms with E-state index in [1.807, 2.05) is 31.2 Å². The zero-order valence-electron chi connectivity index (χ0n) is 14.3. The fourth-order valence-electron chi connectivity index (χ4n) is 2.82. The van der Waals surface area contributed by atoms with Crippen LogP contribution in [-0.2, 0) is 17.9 Å². The number of hydrogen-bond acceptors (Lipinski definition) is 5. The van der Waals surface area contributed by atoms with Crippen LogP contribution in [0.2, 0.25) is 0 Å². The Hall–Kier alpha value is -2.38. The molecule has 1 aromatic heterocycles. The van der Waals surface area contributed by atoms with Gasteiger partial charge in [0.2, 0.25) is 0 Å². The van der Waals surface area contributed by atoms with Crippen molar-refractivity contribution in [2.24, 2.45) is 0 Å². The number of rotatable bonds is 5.